The molecule has 2 fully saturated rings. The van der Waals surface area contributed by atoms with Crippen molar-refractivity contribution >= 4 is 10.2 Å². The molecule has 2 aliphatic rings. The molecule has 1 aliphatic carbocycles. The van der Waals surface area contributed by atoms with Gasteiger partial charge in [-0.1, -0.05) is 24.7 Å². The van der Waals surface area contributed by atoms with Crippen LogP contribution in [0.4, 0.5) is 0 Å². The standard InChI is InChI=1S/C11H22N2O3S/c1-10-5-4-8-13(9-10)17(14,15)12-16-11-6-2-3-7-11/h10-12H,2-9H2,1H3. The molecular weight excluding hydrogens is 240 g/mol. The van der Waals surface area contributed by atoms with Crippen molar-refractivity contribution in [2.45, 2.75) is 51.6 Å². The summed E-state index contributed by atoms with van der Waals surface area (Å²) in [5, 5.41) is 0. The second kappa shape index (κ2) is 5.65. The highest BCUT2D eigenvalue weighted by Gasteiger charge is 2.28. The first-order valence-electron chi connectivity index (χ1n) is 6.50. The molecule has 0 aromatic carbocycles. The van der Waals surface area contributed by atoms with Crippen LogP contribution in [0.15, 0.2) is 0 Å². The lowest BCUT2D eigenvalue weighted by Gasteiger charge is -2.30. The summed E-state index contributed by atoms with van der Waals surface area (Å²) in [6, 6.07) is 0. The highest BCUT2D eigenvalue weighted by molar-refractivity contribution is 7.87. The van der Waals surface area contributed by atoms with E-state index in [-0.39, 0.29) is 6.10 Å². The number of hydrogen-bond acceptors (Lipinski definition) is 3. The molecule has 1 N–H and O–H groups in total. The largest absolute Gasteiger partial charge is 0.301 e. The molecule has 1 heterocycles. The lowest BCUT2D eigenvalue weighted by molar-refractivity contribution is 0.0182. The second-order valence-corrected chi connectivity index (χ2v) is 6.85. The SMILES string of the molecule is CC1CCCN(S(=O)(=O)NOC2CCCC2)C1. The Labute approximate surface area is 104 Å². The molecule has 1 unspecified atom stereocenters. The molecule has 1 saturated heterocycles. The fraction of sp³-hybridized carbons (Fsp3) is 1.00. The van der Waals surface area contributed by atoms with Crippen molar-refractivity contribution in [1.82, 2.24) is 9.19 Å². The number of rotatable bonds is 4. The fourth-order valence-electron chi connectivity index (χ4n) is 2.55. The number of nitrogens with one attached hydrogen (secondary N) is 1. The van der Waals surface area contributed by atoms with E-state index in [0.29, 0.717) is 19.0 Å². The molecule has 0 spiro atoms. The van der Waals surface area contributed by atoms with Gasteiger partial charge in [-0.15, -0.1) is 0 Å². The predicted octanol–water partition coefficient (Wildman–Crippen LogP) is 1.43. The maximum absolute atomic E-state index is 12.0. The second-order valence-electron chi connectivity index (χ2n) is 5.22. The average Bonchev–Trinajstić information content (AvgIpc) is 2.79. The molecule has 0 aromatic heterocycles. The van der Waals surface area contributed by atoms with E-state index in [4.69, 9.17) is 4.84 Å². The Morgan fingerprint density at radius 3 is 2.53 bits per heavy atom. The Bertz CT molecular complexity index is 339. The Morgan fingerprint density at radius 2 is 1.88 bits per heavy atom. The summed E-state index contributed by atoms with van der Waals surface area (Å²) in [5.41, 5.74) is 0. The molecular formula is C11H22N2O3S. The van der Waals surface area contributed by atoms with Crippen LogP contribution < -0.4 is 4.89 Å². The van der Waals surface area contributed by atoms with E-state index in [0.717, 1.165) is 38.5 Å². The van der Waals surface area contributed by atoms with Crippen LogP contribution in [0.5, 0.6) is 0 Å². The Balaban J connectivity index is 1.84. The van der Waals surface area contributed by atoms with E-state index < -0.39 is 10.2 Å². The zero-order valence-electron chi connectivity index (χ0n) is 10.4. The molecule has 0 aromatic rings. The van der Waals surface area contributed by atoms with Gasteiger partial charge in [-0.2, -0.15) is 12.7 Å². The molecule has 5 nitrogen and oxygen atoms in total. The monoisotopic (exact) mass is 262 g/mol. The molecule has 6 heteroatoms. The van der Waals surface area contributed by atoms with Gasteiger partial charge in [0, 0.05) is 13.1 Å². The summed E-state index contributed by atoms with van der Waals surface area (Å²) in [5.74, 6) is 0.437. The van der Waals surface area contributed by atoms with Crippen molar-refractivity contribution in [3.05, 3.63) is 0 Å². The minimum Gasteiger partial charge on any atom is -0.283 e. The Hall–Kier alpha value is -0.170. The summed E-state index contributed by atoms with van der Waals surface area (Å²) in [7, 11) is -3.44. The van der Waals surface area contributed by atoms with Crippen molar-refractivity contribution in [2.75, 3.05) is 13.1 Å². The van der Waals surface area contributed by atoms with Gasteiger partial charge in [-0.25, -0.2) is 0 Å². The van der Waals surface area contributed by atoms with Gasteiger partial charge < -0.3 is 0 Å². The van der Waals surface area contributed by atoms with Crippen LogP contribution in [0.1, 0.15) is 45.4 Å². The van der Waals surface area contributed by atoms with Crippen LogP contribution in [0, 0.1) is 5.92 Å². The third kappa shape index (κ3) is 3.64. The van der Waals surface area contributed by atoms with Crippen molar-refractivity contribution in [1.29, 1.82) is 0 Å². The summed E-state index contributed by atoms with van der Waals surface area (Å²) < 4.78 is 25.5. The van der Waals surface area contributed by atoms with Crippen molar-refractivity contribution in [2.24, 2.45) is 5.92 Å². The van der Waals surface area contributed by atoms with E-state index in [2.05, 4.69) is 11.8 Å². The van der Waals surface area contributed by atoms with Crippen LogP contribution in [0.25, 0.3) is 0 Å². The van der Waals surface area contributed by atoms with E-state index in [1.54, 1.807) is 0 Å². The van der Waals surface area contributed by atoms with Crippen LogP contribution in [-0.2, 0) is 15.0 Å². The van der Waals surface area contributed by atoms with Crippen molar-refractivity contribution in [3.63, 3.8) is 0 Å². The molecule has 100 valence electrons. The molecule has 1 atom stereocenters. The summed E-state index contributed by atoms with van der Waals surface area (Å²) in [6.07, 6.45) is 6.28. The van der Waals surface area contributed by atoms with Gasteiger partial charge in [0.1, 0.15) is 0 Å². The molecule has 1 aliphatic heterocycles. The van der Waals surface area contributed by atoms with Crippen LogP contribution in [-0.4, -0.2) is 31.9 Å². The number of hydrogen-bond donors (Lipinski definition) is 1. The average molecular weight is 262 g/mol. The van der Waals surface area contributed by atoms with Crippen LogP contribution >= 0.6 is 0 Å². The molecule has 0 amide bonds. The van der Waals surface area contributed by atoms with Crippen LogP contribution in [0.3, 0.4) is 0 Å². The zero-order chi connectivity index (χ0) is 12.3. The van der Waals surface area contributed by atoms with Crippen molar-refractivity contribution in [3.8, 4) is 0 Å². The summed E-state index contributed by atoms with van der Waals surface area (Å²) in [4.78, 5) is 7.57. The smallest absolute Gasteiger partial charge is 0.283 e. The third-order valence-corrected chi connectivity index (χ3v) is 4.90. The van der Waals surface area contributed by atoms with Gasteiger partial charge >= 0.3 is 10.2 Å². The van der Waals surface area contributed by atoms with Gasteiger partial charge in [0.25, 0.3) is 0 Å². The first-order chi connectivity index (χ1) is 8.08. The van der Waals surface area contributed by atoms with E-state index in [9.17, 15) is 8.42 Å². The van der Waals surface area contributed by atoms with Gasteiger partial charge in [0.05, 0.1) is 6.10 Å². The molecule has 2 rings (SSSR count). The molecule has 0 bridgehead atoms. The zero-order valence-corrected chi connectivity index (χ0v) is 11.2. The maximum atomic E-state index is 12.0. The number of piperidine rings is 1. The van der Waals surface area contributed by atoms with Gasteiger partial charge in [-0.05, 0) is 31.6 Å². The molecule has 1 saturated carbocycles. The quantitative estimate of drug-likeness (QED) is 0.780. The van der Waals surface area contributed by atoms with E-state index >= 15 is 0 Å². The Morgan fingerprint density at radius 1 is 1.18 bits per heavy atom. The maximum Gasteiger partial charge on any atom is 0.301 e. The Kier molecular flexibility index (Phi) is 4.41. The molecule has 17 heavy (non-hydrogen) atoms. The van der Waals surface area contributed by atoms with Crippen molar-refractivity contribution < 1.29 is 13.3 Å². The topological polar surface area (TPSA) is 58.6 Å². The van der Waals surface area contributed by atoms with Gasteiger partial charge in [0.15, 0.2) is 0 Å². The first-order valence-corrected chi connectivity index (χ1v) is 7.94. The highest BCUT2D eigenvalue weighted by Crippen LogP contribution is 2.21. The summed E-state index contributed by atoms with van der Waals surface area (Å²) >= 11 is 0. The lowest BCUT2D eigenvalue weighted by atomic mass is 10.0. The minimum absolute atomic E-state index is 0.0620. The van der Waals surface area contributed by atoms with Gasteiger partial charge in [-0.3, -0.25) is 4.84 Å². The van der Waals surface area contributed by atoms with E-state index in [1.165, 1.54) is 4.31 Å². The fourth-order valence-corrected chi connectivity index (χ4v) is 3.74. The summed E-state index contributed by atoms with van der Waals surface area (Å²) in [6.45, 7) is 3.29. The highest BCUT2D eigenvalue weighted by atomic mass is 32.2. The minimum atomic E-state index is -3.44. The van der Waals surface area contributed by atoms with Gasteiger partial charge in [0.2, 0.25) is 0 Å². The van der Waals surface area contributed by atoms with Crippen LogP contribution in [0.2, 0.25) is 0 Å². The lowest BCUT2D eigenvalue weighted by Crippen LogP contribution is -2.46. The number of nitrogens with zero attached hydrogens (tertiary/aromatic N) is 1. The van der Waals surface area contributed by atoms with E-state index in [1.807, 2.05) is 0 Å². The first kappa shape index (κ1) is 13.3. The predicted molar refractivity (Wildman–Crippen MR) is 65.4 cm³/mol. The third-order valence-electron chi connectivity index (χ3n) is 3.58. The molecule has 0 radical (unpaired) electrons. The normalized spacial score (nSPS) is 28.6.